The second kappa shape index (κ2) is 10.3. The van der Waals surface area contributed by atoms with Crippen LogP contribution in [0, 0.1) is 5.82 Å². The Morgan fingerprint density at radius 1 is 1.33 bits per heavy atom. The molecule has 1 heterocycles. The number of hydrogen-bond acceptors (Lipinski definition) is 3. The summed E-state index contributed by atoms with van der Waals surface area (Å²) in [5.74, 6) is 0.626. The number of ether oxygens (including phenoxy) is 1. The Balaban J connectivity index is 1.79. The molecule has 134 valence electrons. The van der Waals surface area contributed by atoms with Gasteiger partial charge in [0.2, 0.25) is 0 Å². The molecule has 1 atom stereocenters. The minimum atomic E-state index is -0.188. The zero-order chi connectivity index (χ0) is 17.2. The van der Waals surface area contributed by atoms with Crippen LogP contribution >= 0.6 is 0 Å². The van der Waals surface area contributed by atoms with Crippen LogP contribution in [0.5, 0.6) is 0 Å². The van der Waals surface area contributed by atoms with Gasteiger partial charge in [0.1, 0.15) is 5.82 Å². The second-order valence-corrected chi connectivity index (χ2v) is 6.02. The van der Waals surface area contributed by atoms with Gasteiger partial charge in [-0.2, -0.15) is 0 Å². The van der Waals surface area contributed by atoms with Crippen molar-refractivity contribution in [2.45, 2.75) is 26.3 Å². The van der Waals surface area contributed by atoms with Gasteiger partial charge in [0.15, 0.2) is 5.96 Å². The van der Waals surface area contributed by atoms with Crippen LogP contribution in [0.1, 0.15) is 19.4 Å². The fraction of sp³-hybridized carbons (Fsp3) is 0.611. The number of benzene rings is 1. The van der Waals surface area contributed by atoms with Crippen LogP contribution in [0.4, 0.5) is 4.39 Å². The molecule has 0 spiro atoms. The quantitative estimate of drug-likeness (QED) is 0.587. The van der Waals surface area contributed by atoms with Gasteiger partial charge >= 0.3 is 0 Å². The molecule has 2 rings (SSSR count). The summed E-state index contributed by atoms with van der Waals surface area (Å²) in [4.78, 5) is 7.08. The molecule has 2 N–H and O–H groups in total. The van der Waals surface area contributed by atoms with Gasteiger partial charge < -0.3 is 15.4 Å². The third-order valence-corrected chi connectivity index (χ3v) is 4.12. The Morgan fingerprint density at radius 2 is 2.12 bits per heavy atom. The number of guanidine groups is 1. The third-order valence-electron chi connectivity index (χ3n) is 4.12. The zero-order valence-corrected chi connectivity index (χ0v) is 14.7. The average Bonchev–Trinajstić information content (AvgIpc) is 2.60. The minimum Gasteiger partial charge on any atom is -0.379 e. The van der Waals surface area contributed by atoms with Gasteiger partial charge in [-0.3, -0.25) is 9.89 Å². The van der Waals surface area contributed by atoms with E-state index in [-0.39, 0.29) is 5.82 Å². The monoisotopic (exact) mass is 336 g/mol. The van der Waals surface area contributed by atoms with Gasteiger partial charge in [-0.15, -0.1) is 0 Å². The SMILES string of the molecule is CCNC(=NCC(C)N1CCOCC1)NCCc1cccc(F)c1. The normalized spacial score (nSPS) is 17.5. The van der Waals surface area contributed by atoms with Gasteiger partial charge in [0.05, 0.1) is 19.8 Å². The molecule has 1 aliphatic heterocycles. The van der Waals surface area contributed by atoms with E-state index in [1.54, 1.807) is 12.1 Å². The molecule has 1 aromatic carbocycles. The molecule has 1 saturated heterocycles. The first kappa shape index (κ1) is 18.7. The molecule has 1 aromatic rings. The summed E-state index contributed by atoms with van der Waals surface area (Å²) in [6.45, 7) is 10.1. The van der Waals surface area contributed by atoms with Crippen molar-refractivity contribution in [3.8, 4) is 0 Å². The number of nitrogens with zero attached hydrogens (tertiary/aromatic N) is 2. The summed E-state index contributed by atoms with van der Waals surface area (Å²) in [7, 11) is 0. The number of morpholine rings is 1. The fourth-order valence-corrected chi connectivity index (χ4v) is 2.72. The molecule has 24 heavy (non-hydrogen) atoms. The van der Waals surface area contributed by atoms with E-state index < -0.39 is 0 Å². The smallest absolute Gasteiger partial charge is 0.191 e. The Hall–Kier alpha value is -1.66. The van der Waals surface area contributed by atoms with Crippen LogP contribution in [0.25, 0.3) is 0 Å². The lowest BCUT2D eigenvalue weighted by molar-refractivity contribution is 0.0220. The maximum Gasteiger partial charge on any atom is 0.191 e. The lowest BCUT2D eigenvalue weighted by Crippen LogP contribution is -2.44. The number of rotatable bonds is 7. The maximum atomic E-state index is 13.2. The molecule has 0 saturated carbocycles. The molecule has 0 aliphatic carbocycles. The fourth-order valence-electron chi connectivity index (χ4n) is 2.72. The topological polar surface area (TPSA) is 48.9 Å². The number of hydrogen-bond donors (Lipinski definition) is 2. The molecular weight excluding hydrogens is 307 g/mol. The predicted octanol–water partition coefficient (Wildman–Crippen LogP) is 1.64. The van der Waals surface area contributed by atoms with Crippen molar-refractivity contribution in [3.05, 3.63) is 35.6 Å². The van der Waals surface area contributed by atoms with Gasteiger partial charge in [0, 0.05) is 32.2 Å². The third kappa shape index (κ3) is 6.45. The summed E-state index contributed by atoms with van der Waals surface area (Å²) >= 11 is 0. The number of nitrogens with one attached hydrogen (secondary N) is 2. The molecule has 1 aliphatic rings. The van der Waals surface area contributed by atoms with E-state index in [9.17, 15) is 4.39 Å². The summed E-state index contributed by atoms with van der Waals surface area (Å²) in [5.41, 5.74) is 0.986. The molecule has 0 aromatic heterocycles. The van der Waals surface area contributed by atoms with Gasteiger partial charge in [-0.25, -0.2) is 4.39 Å². The standard InChI is InChI=1S/C18H29FN4O/c1-3-20-18(21-8-7-16-5-4-6-17(19)13-16)22-14-15(2)23-9-11-24-12-10-23/h4-6,13,15H,3,7-12,14H2,1-2H3,(H2,20,21,22). The van der Waals surface area contributed by atoms with E-state index in [0.717, 1.165) is 63.9 Å². The van der Waals surface area contributed by atoms with E-state index in [4.69, 9.17) is 4.74 Å². The van der Waals surface area contributed by atoms with Crippen molar-refractivity contribution >= 4 is 5.96 Å². The van der Waals surface area contributed by atoms with E-state index in [0.29, 0.717) is 6.04 Å². The van der Waals surface area contributed by atoms with Crippen LogP contribution < -0.4 is 10.6 Å². The van der Waals surface area contributed by atoms with Crippen LogP contribution in [-0.2, 0) is 11.2 Å². The molecular formula is C18H29FN4O. The predicted molar refractivity (Wildman–Crippen MR) is 95.9 cm³/mol. The Kier molecular flexibility index (Phi) is 7.98. The zero-order valence-electron chi connectivity index (χ0n) is 14.7. The highest BCUT2D eigenvalue weighted by Crippen LogP contribution is 2.04. The average molecular weight is 336 g/mol. The van der Waals surface area contributed by atoms with E-state index in [2.05, 4.69) is 34.4 Å². The van der Waals surface area contributed by atoms with E-state index >= 15 is 0 Å². The first-order valence-corrected chi connectivity index (χ1v) is 8.77. The number of aliphatic imine (C=N–C) groups is 1. The van der Waals surface area contributed by atoms with Crippen LogP contribution in [0.15, 0.2) is 29.3 Å². The molecule has 1 unspecified atom stereocenters. The van der Waals surface area contributed by atoms with Gasteiger partial charge in [-0.05, 0) is 38.0 Å². The second-order valence-electron chi connectivity index (χ2n) is 6.02. The molecule has 5 nitrogen and oxygen atoms in total. The lowest BCUT2D eigenvalue weighted by Gasteiger charge is -2.31. The molecule has 0 bridgehead atoms. The van der Waals surface area contributed by atoms with Gasteiger partial charge in [0.25, 0.3) is 0 Å². The summed E-state index contributed by atoms with van der Waals surface area (Å²) < 4.78 is 18.6. The summed E-state index contributed by atoms with van der Waals surface area (Å²) in [6, 6.07) is 7.12. The largest absolute Gasteiger partial charge is 0.379 e. The van der Waals surface area contributed by atoms with Crippen molar-refractivity contribution in [1.82, 2.24) is 15.5 Å². The first-order valence-electron chi connectivity index (χ1n) is 8.77. The Labute approximate surface area is 144 Å². The van der Waals surface area contributed by atoms with E-state index in [1.165, 1.54) is 6.07 Å². The Bertz CT molecular complexity index is 517. The molecule has 1 fully saturated rings. The van der Waals surface area contributed by atoms with E-state index in [1.807, 2.05) is 6.07 Å². The molecule has 6 heteroatoms. The first-order chi connectivity index (χ1) is 11.7. The van der Waals surface area contributed by atoms with Gasteiger partial charge in [-0.1, -0.05) is 12.1 Å². The maximum absolute atomic E-state index is 13.2. The summed E-state index contributed by atoms with van der Waals surface area (Å²) in [6.07, 6.45) is 0.765. The van der Waals surface area contributed by atoms with Crippen molar-refractivity contribution in [3.63, 3.8) is 0 Å². The highest BCUT2D eigenvalue weighted by atomic mass is 19.1. The molecule has 0 amide bonds. The van der Waals surface area contributed by atoms with Crippen molar-refractivity contribution in [2.75, 3.05) is 45.9 Å². The van der Waals surface area contributed by atoms with Crippen molar-refractivity contribution < 1.29 is 9.13 Å². The Morgan fingerprint density at radius 3 is 2.83 bits per heavy atom. The highest BCUT2D eigenvalue weighted by molar-refractivity contribution is 5.79. The highest BCUT2D eigenvalue weighted by Gasteiger charge is 2.16. The van der Waals surface area contributed by atoms with Crippen molar-refractivity contribution in [2.24, 2.45) is 4.99 Å². The minimum absolute atomic E-state index is 0.188. The lowest BCUT2D eigenvalue weighted by atomic mass is 10.1. The summed E-state index contributed by atoms with van der Waals surface area (Å²) in [5, 5.41) is 6.58. The molecule has 0 radical (unpaired) electrons. The van der Waals surface area contributed by atoms with Crippen molar-refractivity contribution in [1.29, 1.82) is 0 Å². The van der Waals surface area contributed by atoms with Crippen LogP contribution in [0.2, 0.25) is 0 Å². The number of halogens is 1. The van der Waals surface area contributed by atoms with Crippen LogP contribution in [-0.4, -0.2) is 62.8 Å². The van der Waals surface area contributed by atoms with Crippen LogP contribution in [0.3, 0.4) is 0 Å².